The highest BCUT2D eigenvalue weighted by Gasteiger charge is 2.56. The average molecular weight is 506 g/mol. The van der Waals surface area contributed by atoms with E-state index in [1.54, 1.807) is 27.7 Å². The third kappa shape index (κ3) is 6.21. The van der Waals surface area contributed by atoms with Gasteiger partial charge in [-0.25, -0.2) is 4.79 Å². The summed E-state index contributed by atoms with van der Waals surface area (Å²) in [6.45, 7) is 16.9. The van der Waals surface area contributed by atoms with Crippen molar-refractivity contribution < 1.29 is 29.1 Å². The zero-order chi connectivity index (χ0) is 24.5. The van der Waals surface area contributed by atoms with E-state index in [0.717, 1.165) is 5.06 Å². The first-order valence-corrected chi connectivity index (χ1v) is 11.7. The number of esters is 1. The number of nitrogens with zero attached hydrogens (tertiary/aromatic N) is 1. The van der Waals surface area contributed by atoms with Crippen LogP contribution in [0.25, 0.3) is 0 Å². The Bertz CT molecular complexity index is 695. The molecule has 8 heteroatoms. The van der Waals surface area contributed by atoms with Gasteiger partial charge < -0.3 is 14.7 Å². The molecule has 0 spiro atoms. The summed E-state index contributed by atoms with van der Waals surface area (Å²) in [6.07, 6.45) is 1.69. The van der Waals surface area contributed by atoms with Crippen molar-refractivity contribution in [2.24, 2.45) is 16.2 Å². The van der Waals surface area contributed by atoms with Crippen molar-refractivity contribution in [3.8, 4) is 0 Å². The van der Waals surface area contributed by atoms with Crippen molar-refractivity contribution >= 4 is 33.8 Å². The number of amides is 1. The van der Waals surface area contributed by atoms with Crippen LogP contribution < -0.4 is 0 Å². The lowest BCUT2D eigenvalue weighted by molar-refractivity contribution is -0.208. The van der Waals surface area contributed by atoms with Crippen LogP contribution in [0.4, 0.5) is 0 Å². The zero-order valence-electron chi connectivity index (χ0n) is 20.6. The first-order chi connectivity index (χ1) is 13.8. The second-order valence-electron chi connectivity index (χ2n) is 11.1. The Morgan fingerprint density at radius 2 is 1.58 bits per heavy atom. The molecule has 0 aromatic rings. The highest BCUT2D eigenvalue weighted by atomic mass is 79.9. The second-order valence-corrected chi connectivity index (χ2v) is 13.1. The van der Waals surface area contributed by atoms with Crippen molar-refractivity contribution in [1.29, 1.82) is 0 Å². The van der Waals surface area contributed by atoms with Gasteiger partial charge in [0.25, 0.3) is 5.91 Å². The number of hydrogen-bond acceptors (Lipinski definition) is 6. The molecule has 1 atom stereocenters. The minimum Gasteiger partial charge on any atom is -0.459 e. The molecule has 0 aromatic heterocycles. The van der Waals surface area contributed by atoms with Gasteiger partial charge in [-0.2, -0.15) is 5.06 Å². The average Bonchev–Trinajstić information content (AvgIpc) is 2.97. The summed E-state index contributed by atoms with van der Waals surface area (Å²) in [5.74, 6) is -1.10. The Labute approximate surface area is 195 Å². The predicted octanol–water partition coefficient (Wildman–Crippen LogP) is 4.39. The van der Waals surface area contributed by atoms with Gasteiger partial charge in [-0.15, -0.1) is 0 Å². The van der Waals surface area contributed by atoms with Gasteiger partial charge in [-0.05, 0) is 66.7 Å². The van der Waals surface area contributed by atoms with E-state index in [1.165, 1.54) is 0 Å². The highest BCUT2D eigenvalue weighted by molar-refractivity contribution is 9.10. The zero-order valence-corrected chi connectivity index (χ0v) is 22.1. The van der Waals surface area contributed by atoms with E-state index in [4.69, 9.17) is 9.57 Å². The molecule has 1 heterocycles. The Morgan fingerprint density at radius 1 is 1.03 bits per heavy atom. The number of alkyl halides is 1. The number of aliphatic hydroxyl groups is 1. The van der Waals surface area contributed by atoms with Gasteiger partial charge in [0.1, 0.15) is 5.60 Å². The van der Waals surface area contributed by atoms with Crippen molar-refractivity contribution in [3.05, 3.63) is 0 Å². The second kappa shape index (κ2) is 9.38. The fraction of sp³-hybridized carbons (Fsp3) is 0.870. The number of rotatable bonds is 10. The molecular formula is C23H40BrNO6. The van der Waals surface area contributed by atoms with Gasteiger partial charge in [0.05, 0.1) is 17.4 Å². The van der Waals surface area contributed by atoms with Crippen LogP contribution in [0.3, 0.4) is 0 Å². The topological polar surface area (TPSA) is 93.1 Å². The van der Waals surface area contributed by atoms with Crippen LogP contribution in [0.2, 0.25) is 0 Å². The quantitative estimate of drug-likeness (QED) is 0.349. The molecule has 1 amide bonds. The molecule has 1 unspecified atom stereocenters. The Kier molecular flexibility index (Phi) is 8.43. The van der Waals surface area contributed by atoms with Gasteiger partial charge in [-0.3, -0.25) is 9.59 Å². The number of carbonyl (C=O) groups is 3. The van der Waals surface area contributed by atoms with Crippen molar-refractivity contribution in [3.63, 3.8) is 0 Å². The Morgan fingerprint density at radius 3 is 2.00 bits per heavy atom. The van der Waals surface area contributed by atoms with Crippen LogP contribution in [-0.2, 0) is 24.0 Å². The lowest BCUT2D eigenvalue weighted by Crippen LogP contribution is -2.53. The van der Waals surface area contributed by atoms with Crippen molar-refractivity contribution in [2.75, 3.05) is 13.2 Å². The maximum atomic E-state index is 13.4. The van der Waals surface area contributed by atoms with E-state index in [9.17, 15) is 19.5 Å². The maximum absolute atomic E-state index is 13.4. The predicted molar refractivity (Wildman–Crippen MR) is 122 cm³/mol. The van der Waals surface area contributed by atoms with Gasteiger partial charge in [0.2, 0.25) is 0 Å². The summed E-state index contributed by atoms with van der Waals surface area (Å²) in [5, 5.41) is 10.4. The van der Waals surface area contributed by atoms with Gasteiger partial charge in [0, 0.05) is 23.8 Å². The summed E-state index contributed by atoms with van der Waals surface area (Å²) in [5.41, 5.74) is -3.49. The molecule has 1 saturated heterocycles. The fourth-order valence-electron chi connectivity index (χ4n) is 3.52. The fourth-order valence-corrected chi connectivity index (χ4v) is 3.83. The van der Waals surface area contributed by atoms with E-state index in [-0.39, 0.29) is 12.5 Å². The molecule has 180 valence electrons. The van der Waals surface area contributed by atoms with E-state index < -0.39 is 38.1 Å². The molecule has 31 heavy (non-hydrogen) atoms. The minimum absolute atomic E-state index is 0.0890. The Hall–Kier alpha value is -1.15. The first kappa shape index (κ1) is 27.9. The van der Waals surface area contributed by atoms with E-state index in [2.05, 4.69) is 15.9 Å². The molecule has 1 aliphatic rings. The van der Waals surface area contributed by atoms with Crippen molar-refractivity contribution in [2.45, 2.75) is 97.9 Å². The summed E-state index contributed by atoms with van der Waals surface area (Å²) >= 11 is 3.66. The van der Waals surface area contributed by atoms with Crippen LogP contribution in [0, 0.1) is 16.2 Å². The molecule has 1 fully saturated rings. The van der Waals surface area contributed by atoms with Crippen molar-refractivity contribution in [1.82, 2.24) is 5.06 Å². The van der Waals surface area contributed by atoms with Crippen LogP contribution in [0.1, 0.15) is 88.0 Å². The maximum Gasteiger partial charge on any atom is 0.338 e. The molecule has 0 bridgehead atoms. The third-order valence-electron chi connectivity index (χ3n) is 7.07. The molecule has 1 rings (SSSR count). The van der Waals surface area contributed by atoms with Crippen LogP contribution in [0.5, 0.6) is 0 Å². The minimum atomic E-state index is -0.996. The highest BCUT2D eigenvalue weighted by Crippen LogP contribution is 2.53. The number of aliphatic hydroxyl groups excluding tert-OH is 1. The molecule has 0 saturated carbocycles. The van der Waals surface area contributed by atoms with Gasteiger partial charge in [-0.1, -0.05) is 29.8 Å². The SMILES string of the molecule is CC(C)(CCO)OC(=O)C(C)(CC(C)(C)C(C)(C)C(=O)ON1CCCC1=O)C(C)(C)Br. The van der Waals surface area contributed by atoms with Crippen LogP contribution in [0.15, 0.2) is 0 Å². The monoisotopic (exact) mass is 505 g/mol. The van der Waals surface area contributed by atoms with Crippen LogP contribution in [-0.4, -0.2) is 51.1 Å². The number of carbonyl (C=O) groups excluding carboxylic acids is 3. The molecule has 7 nitrogen and oxygen atoms in total. The summed E-state index contributed by atoms with van der Waals surface area (Å²) in [7, 11) is 0. The number of hydroxylamine groups is 2. The summed E-state index contributed by atoms with van der Waals surface area (Å²) in [4.78, 5) is 43.8. The standard InChI is InChI=1S/C23H40BrNO6/c1-19(2,21(5,6)17(28)31-25-13-10-11-16(25)27)15-23(9,22(7,8)24)18(29)30-20(3,4)12-14-26/h26H,10-15H2,1-9H3. The molecular weight excluding hydrogens is 466 g/mol. The molecule has 1 aliphatic heterocycles. The third-order valence-corrected chi connectivity index (χ3v) is 7.94. The molecule has 1 N–H and O–H groups in total. The molecule has 0 aliphatic carbocycles. The lowest BCUT2D eigenvalue weighted by atomic mass is 9.58. The van der Waals surface area contributed by atoms with E-state index >= 15 is 0 Å². The summed E-state index contributed by atoms with van der Waals surface area (Å²) in [6, 6.07) is 0. The van der Waals surface area contributed by atoms with Crippen LogP contribution >= 0.6 is 15.9 Å². The molecule has 0 radical (unpaired) electrons. The number of halogens is 1. The first-order valence-electron chi connectivity index (χ1n) is 10.9. The number of hydrogen-bond donors (Lipinski definition) is 1. The Balaban J connectivity index is 3.17. The largest absolute Gasteiger partial charge is 0.459 e. The van der Waals surface area contributed by atoms with E-state index in [1.807, 2.05) is 34.6 Å². The number of ether oxygens (including phenoxy) is 1. The molecule has 0 aromatic carbocycles. The van der Waals surface area contributed by atoms with E-state index in [0.29, 0.717) is 32.2 Å². The van der Waals surface area contributed by atoms with Gasteiger partial charge in [0.15, 0.2) is 0 Å². The van der Waals surface area contributed by atoms with Gasteiger partial charge >= 0.3 is 11.9 Å². The lowest BCUT2D eigenvalue weighted by Gasteiger charge is -2.48. The normalized spacial score (nSPS) is 18.0. The summed E-state index contributed by atoms with van der Waals surface area (Å²) < 4.78 is 5.17. The smallest absolute Gasteiger partial charge is 0.338 e.